The number of ether oxygens (including phenoxy) is 2. The molecule has 0 N–H and O–H groups in total. The van der Waals surface area contributed by atoms with Gasteiger partial charge in [0, 0.05) is 38.9 Å². The van der Waals surface area contributed by atoms with E-state index in [1.165, 1.54) is 12.8 Å². The average molecular weight is 381 g/mol. The van der Waals surface area contributed by atoms with Crippen molar-refractivity contribution in [1.29, 1.82) is 0 Å². The van der Waals surface area contributed by atoms with Crippen molar-refractivity contribution < 1.29 is 14.3 Å². The van der Waals surface area contributed by atoms with E-state index in [2.05, 4.69) is 9.88 Å². The summed E-state index contributed by atoms with van der Waals surface area (Å²) in [6.07, 6.45) is 4.26. The van der Waals surface area contributed by atoms with E-state index in [0.717, 1.165) is 25.6 Å². The summed E-state index contributed by atoms with van der Waals surface area (Å²) in [6, 6.07) is 11.1. The fourth-order valence-electron chi connectivity index (χ4n) is 3.47. The highest BCUT2D eigenvalue weighted by atomic mass is 16.5. The number of carbonyl (C=O) groups is 1. The lowest BCUT2D eigenvalue weighted by Gasteiger charge is -2.27. The molecule has 1 amide bonds. The molecule has 1 aromatic heterocycles. The fourth-order valence-corrected chi connectivity index (χ4v) is 3.47. The first-order valence-electron chi connectivity index (χ1n) is 10.1. The first-order valence-corrected chi connectivity index (χ1v) is 10.1. The molecule has 28 heavy (non-hydrogen) atoms. The van der Waals surface area contributed by atoms with Crippen LogP contribution in [0, 0.1) is 5.92 Å². The Morgan fingerprint density at radius 3 is 2.68 bits per heavy atom. The second-order valence-electron chi connectivity index (χ2n) is 7.38. The minimum Gasteiger partial charge on any atom is -0.488 e. The van der Waals surface area contributed by atoms with Crippen LogP contribution in [0.15, 0.2) is 42.6 Å². The van der Waals surface area contributed by atoms with Crippen LogP contribution in [0.3, 0.4) is 0 Å². The summed E-state index contributed by atoms with van der Waals surface area (Å²) in [4.78, 5) is 21.8. The number of rotatable bonds is 3. The summed E-state index contributed by atoms with van der Waals surface area (Å²) in [5.74, 6) is 2.31. The Bertz CT molecular complexity index is 822. The Hall–Kier alpha value is -2.60. The van der Waals surface area contributed by atoms with Gasteiger partial charge >= 0.3 is 0 Å². The zero-order valence-corrected chi connectivity index (χ0v) is 16.3. The first-order chi connectivity index (χ1) is 13.7. The van der Waals surface area contributed by atoms with Gasteiger partial charge in [0.15, 0.2) is 11.5 Å². The zero-order valence-electron chi connectivity index (χ0n) is 16.3. The molecule has 0 bridgehead atoms. The molecule has 0 unspecified atom stereocenters. The number of nitrogens with zero attached hydrogens (tertiary/aromatic N) is 3. The molecule has 1 aliphatic carbocycles. The van der Waals surface area contributed by atoms with E-state index in [1.807, 2.05) is 36.1 Å². The molecule has 1 aromatic carbocycles. The SMILES string of the molecule is CCN1CCN(CC2CC2)CCOc2ccccc2Oc2ncccc2C1=O. The van der Waals surface area contributed by atoms with E-state index in [4.69, 9.17) is 9.47 Å². The predicted molar refractivity (Wildman–Crippen MR) is 107 cm³/mol. The molecule has 0 radical (unpaired) electrons. The van der Waals surface area contributed by atoms with E-state index >= 15 is 0 Å². The van der Waals surface area contributed by atoms with Gasteiger partial charge in [-0.3, -0.25) is 9.69 Å². The smallest absolute Gasteiger partial charge is 0.259 e. The second-order valence-corrected chi connectivity index (χ2v) is 7.38. The van der Waals surface area contributed by atoms with Crippen molar-refractivity contribution in [2.45, 2.75) is 19.8 Å². The number of likely N-dealkylation sites (N-methyl/N-ethyl adjacent to an activating group) is 1. The highest BCUT2D eigenvalue weighted by Crippen LogP contribution is 2.33. The molecule has 2 heterocycles. The van der Waals surface area contributed by atoms with Gasteiger partial charge in [-0.1, -0.05) is 12.1 Å². The van der Waals surface area contributed by atoms with Gasteiger partial charge in [-0.25, -0.2) is 4.98 Å². The largest absolute Gasteiger partial charge is 0.488 e. The number of fused-ring (bicyclic) bond motifs is 2. The van der Waals surface area contributed by atoms with E-state index in [9.17, 15) is 4.79 Å². The number of pyridine rings is 1. The maximum Gasteiger partial charge on any atom is 0.259 e. The number of para-hydroxylation sites is 2. The third kappa shape index (κ3) is 4.44. The minimum absolute atomic E-state index is 0.0466. The van der Waals surface area contributed by atoms with Crippen molar-refractivity contribution in [3.05, 3.63) is 48.2 Å². The van der Waals surface area contributed by atoms with Gasteiger partial charge in [0.25, 0.3) is 5.91 Å². The van der Waals surface area contributed by atoms with Gasteiger partial charge in [0.1, 0.15) is 12.2 Å². The van der Waals surface area contributed by atoms with Crippen LogP contribution in [0.5, 0.6) is 17.4 Å². The third-order valence-electron chi connectivity index (χ3n) is 5.29. The van der Waals surface area contributed by atoms with Crippen molar-refractivity contribution in [1.82, 2.24) is 14.8 Å². The monoisotopic (exact) mass is 381 g/mol. The Kier molecular flexibility index (Phi) is 5.76. The first kappa shape index (κ1) is 18.7. The lowest BCUT2D eigenvalue weighted by molar-refractivity contribution is 0.0737. The highest BCUT2D eigenvalue weighted by molar-refractivity contribution is 5.96. The number of hydrogen-bond donors (Lipinski definition) is 0. The molecule has 6 heteroatoms. The van der Waals surface area contributed by atoms with Gasteiger partial charge in [-0.2, -0.15) is 0 Å². The Morgan fingerprint density at radius 2 is 1.89 bits per heavy atom. The molecule has 1 fully saturated rings. The van der Waals surface area contributed by atoms with Crippen LogP contribution in [0.2, 0.25) is 0 Å². The quantitative estimate of drug-likeness (QED) is 0.815. The van der Waals surface area contributed by atoms with Crippen LogP contribution < -0.4 is 9.47 Å². The molecule has 1 aliphatic heterocycles. The van der Waals surface area contributed by atoms with Gasteiger partial charge < -0.3 is 14.4 Å². The van der Waals surface area contributed by atoms with Crippen LogP contribution in [0.25, 0.3) is 0 Å². The lowest BCUT2D eigenvalue weighted by Crippen LogP contribution is -2.40. The molecule has 2 aromatic rings. The van der Waals surface area contributed by atoms with E-state index in [-0.39, 0.29) is 5.91 Å². The number of carbonyl (C=O) groups excluding carboxylic acids is 1. The topological polar surface area (TPSA) is 54.9 Å². The second kappa shape index (κ2) is 8.61. The third-order valence-corrected chi connectivity index (χ3v) is 5.29. The van der Waals surface area contributed by atoms with Crippen LogP contribution in [-0.4, -0.2) is 60.0 Å². The summed E-state index contributed by atoms with van der Waals surface area (Å²) in [6.45, 7) is 6.68. The number of aromatic nitrogens is 1. The summed E-state index contributed by atoms with van der Waals surface area (Å²) in [5, 5.41) is 0. The highest BCUT2D eigenvalue weighted by Gasteiger charge is 2.26. The van der Waals surface area contributed by atoms with Crippen LogP contribution in [0.4, 0.5) is 0 Å². The average Bonchev–Trinajstić information content (AvgIpc) is 3.53. The van der Waals surface area contributed by atoms with Crippen LogP contribution in [-0.2, 0) is 0 Å². The number of amides is 1. The number of benzene rings is 1. The van der Waals surface area contributed by atoms with Crippen molar-refractivity contribution >= 4 is 5.91 Å². The summed E-state index contributed by atoms with van der Waals surface area (Å²) < 4.78 is 12.1. The van der Waals surface area contributed by atoms with Gasteiger partial charge in [-0.05, 0) is 49.9 Å². The van der Waals surface area contributed by atoms with Crippen molar-refractivity contribution in [2.24, 2.45) is 5.92 Å². The molecule has 4 rings (SSSR count). The van der Waals surface area contributed by atoms with Gasteiger partial charge in [-0.15, -0.1) is 0 Å². The molecule has 2 aliphatic rings. The summed E-state index contributed by atoms with van der Waals surface area (Å²) >= 11 is 0. The maximum absolute atomic E-state index is 13.2. The summed E-state index contributed by atoms with van der Waals surface area (Å²) in [5.41, 5.74) is 0.479. The molecular weight excluding hydrogens is 354 g/mol. The van der Waals surface area contributed by atoms with Crippen LogP contribution >= 0.6 is 0 Å². The van der Waals surface area contributed by atoms with Crippen LogP contribution in [0.1, 0.15) is 30.1 Å². The van der Waals surface area contributed by atoms with Crippen molar-refractivity contribution in [2.75, 3.05) is 39.3 Å². The van der Waals surface area contributed by atoms with E-state index in [0.29, 0.717) is 42.6 Å². The van der Waals surface area contributed by atoms with E-state index < -0.39 is 0 Å². The molecule has 148 valence electrons. The lowest BCUT2D eigenvalue weighted by atomic mass is 10.2. The molecule has 6 nitrogen and oxygen atoms in total. The standard InChI is InChI=1S/C22H27N3O3/c1-2-25-13-12-24(16-17-9-10-17)14-15-27-19-7-3-4-8-20(19)28-21-18(22(25)26)6-5-11-23-21/h3-8,11,17H,2,9-10,12-16H2,1H3. The van der Waals surface area contributed by atoms with Crippen molar-refractivity contribution in [3.63, 3.8) is 0 Å². The Labute approximate surface area is 166 Å². The molecule has 0 atom stereocenters. The van der Waals surface area contributed by atoms with Gasteiger partial charge in [0.2, 0.25) is 5.88 Å². The minimum atomic E-state index is -0.0466. The fraction of sp³-hybridized carbons (Fsp3) is 0.455. The molecule has 0 spiro atoms. The van der Waals surface area contributed by atoms with Crippen molar-refractivity contribution in [3.8, 4) is 17.4 Å². The van der Waals surface area contributed by atoms with E-state index in [1.54, 1.807) is 18.3 Å². The normalized spacial score (nSPS) is 18.6. The Morgan fingerprint density at radius 1 is 1.07 bits per heavy atom. The molecule has 1 saturated carbocycles. The maximum atomic E-state index is 13.2. The molecular formula is C22H27N3O3. The zero-order chi connectivity index (χ0) is 19.3. The predicted octanol–water partition coefficient (Wildman–Crippen LogP) is 3.44. The molecule has 0 saturated heterocycles. The number of hydrogen-bond acceptors (Lipinski definition) is 5. The summed E-state index contributed by atoms with van der Waals surface area (Å²) in [7, 11) is 0. The van der Waals surface area contributed by atoms with Gasteiger partial charge in [0.05, 0.1) is 0 Å². The Balaban J connectivity index is 1.65.